The molecule has 3 heteroatoms. The molecular formula is C15H20N2O. The molecule has 0 radical (unpaired) electrons. The van der Waals surface area contributed by atoms with Crippen LogP contribution in [0.25, 0.3) is 10.9 Å². The molecule has 0 unspecified atom stereocenters. The Hall–Kier alpha value is -1.77. The Kier molecular flexibility index (Phi) is 4.03. The average Bonchev–Trinajstić information content (AvgIpc) is 2.43. The standard InChI is InChI=1S/C15H20N2O/c1-4-5-10-17(2)15-8-9-16-14-7-6-12(18-3)11-13(14)15/h6-9,11H,4-5,10H2,1-3H3. The molecule has 3 nitrogen and oxygen atoms in total. The van der Waals surface area contributed by atoms with Gasteiger partial charge in [0.2, 0.25) is 0 Å². The minimum Gasteiger partial charge on any atom is -0.497 e. The Bertz CT molecular complexity index is 525. The second kappa shape index (κ2) is 5.71. The summed E-state index contributed by atoms with van der Waals surface area (Å²) in [6.07, 6.45) is 4.27. The SMILES string of the molecule is CCCCN(C)c1ccnc2ccc(OC)cc12. The molecule has 0 fully saturated rings. The van der Waals surface area contributed by atoms with Gasteiger partial charge in [0.1, 0.15) is 5.75 Å². The summed E-state index contributed by atoms with van der Waals surface area (Å²) in [7, 11) is 3.82. The van der Waals surface area contributed by atoms with E-state index in [1.165, 1.54) is 18.5 Å². The summed E-state index contributed by atoms with van der Waals surface area (Å²) in [6.45, 7) is 3.27. The number of rotatable bonds is 5. The number of ether oxygens (including phenoxy) is 1. The lowest BCUT2D eigenvalue weighted by atomic mass is 10.1. The van der Waals surface area contributed by atoms with Crippen molar-refractivity contribution in [1.29, 1.82) is 0 Å². The number of methoxy groups -OCH3 is 1. The lowest BCUT2D eigenvalue weighted by molar-refractivity contribution is 0.415. The van der Waals surface area contributed by atoms with Crippen LogP contribution >= 0.6 is 0 Å². The summed E-state index contributed by atoms with van der Waals surface area (Å²) in [5.41, 5.74) is 2.23. The number of hydrogen-bond donors (Lipinski definition) is 0. The third-order valence-corrected chi connectivity index (χ3v) is 3.18. The number of hydrogen-bond acceptors (Lipinski definition) is 3. The van der Waals surface area contributed by atoms with Crippen molar-refractivity contribution >= 4 is 16.6 Å². The van der Waals surface area contributed by atoms with Crippen LogP contribution in [0.4, 0.5) is 5.69 Å². The summed E-state index contributed by atoms with van der Waals surface area (Å²) < 4.78 is 5.29. The van der Waals surface area contributed by atoms with Crippen molar-refractivity contribution in [3.8, 4) is 5.75 Å². The van der Waals surface area contributed by atoms with Gasteiger partial charge in [0, 0.05) is 30.9 Å². The van der Waals surface area contributed by atoms with Crippen molar-refractivity contribution in [1.82, 2.24) is 4.98 Å². The Labute approximate surface area is 108 Å². The Morgan fingerprint density at radius 3 is 2.83 bits per heavy atom. The molecule has 0 saturated carbocycles. The zero-order chi connectivity index (χ0) is 13.0. The average molecular weight is 244 g/mol. The fraction of sp³-hybridized carbons (Fsp3) is 0.400. The largest absolute Gasteiger partial charge is 0.497 e. The molecule has 0 N–H and O–H groups in total. The van der Waals surface area contributed by atoms with Crippen molar-refractivity contribution in [2.24, 2.45) is 0 Å². The first-order valence-corrected chi connectivity index (χ1v) is 6.40. The van der Waals surface area contributed by atoms with Crippen LogP contribution in [0, 0.1) is 0 Å². The van der Waals surface area contributed by atoms with Gasteiger partial charge in [-0.2, -0.15) is 0 Å². The third-order valence-electron chi connectivity index (χ3n) is 3.18. The van der Waals surface area contributed by atoms with Crippen LogP contribution in [-0.4, -0.2) is 25.7 Å². The van der Waals surface area contributed by atoms with Gasteiger partial charge in [0.05, 0.1) is 12.6 Å². The van der Waals surface area contributed by atoms with E-state index in [2.05, 4.69) is 36.0 Å². The predicted octanol–water partition coefficient (Wildman–Crippen LogP) is 3.48. The van der Waals surface area contributed by atoms with Gasteiger partial charge in [-0.15, -0.1) is 0 Å². The highest BCUT2D eigenvalue weighted by Gasteiger charge is 2.07. The van der Waals surface area contributed by atoms with E-state index < -0.39 is 0 Å². The summed E-state index contributed by atoms with van der Waals surface area (Å²) in [5.74, 6) is 0.876. The second-order valence-corrected chi connectivity index (χ2v) is 4.49. The molecule has 0 spiro atoms. The molecule has 0 aliphatic heterocycles. The number of fused-ring (bicyclic) bond motifs is 1. The zero-order valence-electron chi connectivity index (χ0n) is 11.3. The van der Waals surface area contributed by atoms with E-state index in [-0.39, 0.29) is 0 Å². The number of pyridine rings is 1. The minimum atomic E-state index is 0.876. The van der Waals surface area contributed by atoms with E-state index in [4.69, 9.17) is 4.74 Å². The molecule has 0 amide bonds. The van der Waals surface area contributed by atoms with Crippen LogP contribution in [0.3, 0.4) is 0 Å². The van der Waals surface area contributed by atoms with Gasteiger partial charge in [-0.1, -0.05) is 13.3 Å². The smallest absolute Gasteiger partial charge is 0.119 e. The summed E-state index contributed by atoms with van der Waals surface area (Å²) in [5, 5.41) is 1.15. The van der Waals surface area contributed by atoms with Crippen LogP contribution in [-0.2, 0) is 0 Å². The van der Waals surface area contributed by atoms with Crippen LogP contribution < -0.4 is 9.64 Å². The zero-order valence-corrected chi connectivity index (χ0v) is 11.3. The van der Waals surface area contributed by atoms with Crippen LogP contribution in [0.5, 0.6) is 5.75 Å². The first-order chi connectivity index (χ1) is 8.76. The highest BCUT2D eigenvalue weighted by molar-refractivity contribution is 5.92. The molecule has 18 heavy (non-hydrogen) atoms. The molecule has 0 saturated heterocycles. The second-order valence-electron chi connectivity index (χ2n) is 4.49. The van der Waals surface area contributed by atoms with Crippen molar-refractivity contribution in [3.63, 3.8) is 0 Å². The van der Waals surface area contributed by atoms with Crippen molar-refractivity contribution < 1.29 is 4.74 Å². The molecule has 1 aromatic carbocycles. The first kappa shape index (κ1) is 12.7. The normalized spacial score (nSPS) is 10.6. The first-order valence-electron chi connectivity index (χ1n) is 6.40. The molecule has 2 aromatic rings. The number of benzene rings is 1. The number of aromatic nitrogens is 1. The summed E-state index contributed by atoms with van der Waals surface area (Å²) >= 11 is 0. The molecule has 0 aliphatic rings. The quantitative estimate of drug-likeness (QED) is 0.805. The summed E-state index contributed by atoms with van der Waals surface area (Å²) in [4.78, 5) is 6.68. The number of unbranched alkanes of at least 4 members (excludes halogenated alkanes) is 1. The van der Waals surface area contributed by atoms with Crippen LogP contribution in [0.1, 0.15) is 19.8 Å². The van der Waals surface area contributed by atoms with Gasteiger partial charge in [-0.05, 0) is 30.7 Å². The Balaban J connectivity index is 2.42. The Morgan fingerprint density at radius 1 is 1.28 bits per heavy atom. The fourth-order valence-electron chi connectivity index (χ4n) is 2.09. The third kappa shape index (κ3) is 2.55. The van der Waals surface area contributed by atoms with Gasteiger partial charge >= 0.3 is 0 Å². The van der Waals surface area contributed by atoms with E-state index >= 15 is 0 Å². The lowest BCUT2D eigenvalue weighted by Crippen LogP contribution is -2.18. The molecule has 2 rings (SSSR count). The highest BCUT2D eigenvalue weighted by Crippen LogP contribution is 2.28. The minimum absolute atomic E-state index is 0.876. The van der Waals surface area contributed by atoms with Gasteiger partial charge in [0.15, 0.2) is 0 Å². The van der Waals surface area contributed by atoms with Gasteiger partial charge in [0.25, 0.3) is 0 Å². The molecule has 1 aromatic heterocycles. The molecule has 0 aliphatic carbocycles. The van der Waals surface area contributed by atoms with E-state index in [9.17, 15) is 0 Å². The topological polar surface area (TPSA) is 25.4 Å². The van der Waals surface area contributed by atoms with Gasteiger partial charge < -0.3 is 9.64 Å². The highest BCUT2D eigenvalue weighted by atomic mass is 16.5. The molecular weight excluding hydrogens is 224 g/mol. The van der Waals surface area contributed by atoms with E-state index in [0.29, 0.717) is 0 Å². The molecule has 1 heterocycles. The molecule has 0 bridgehead atoms. The monoisotopic (exact) mass is 244 g/mol. The van der Waals surface area contributed by atoms with E-state index in [1.807, 2.05) is 18.3 Å². The van der Waals surface area contributed by atoms with E-state index in [0.717, 1.165) is 23.2 Å². The lowest BCUT2D eigenvalue weighted by Gasteiger charge is -2.20. The molecule has 0 atom stereocenters. The fourth-order valence-corrected chi connectivity index (χ4v) is 2.09. The maximum Gasteiger partial charge on any atom is 0.119 e. The number of nitrogens with zero attached hydrogens (tertiary/aromatic N) is 2. The Morgan fingerprint density at radius 2 is 2.11 bits per heavy atom. The van der Waals surface area contributed by atoms with Crippen molar-refractivity contribution in [3.05, 3.63) is 30.5 Å². The maximum atomic E-state index is 5.29. The predicted molar refractivity (Wildman–Crippen MR) is 76.5 cm³/mol. The summed E-state index contributed by atoms with van der Waals surface area (Å²) in [6, 6.07) is 8.08. The number of anilines is 1. The van der Waals surface area contributed by atoms with Crippen molar-refractivity contribution in [2.75, 3.05) is 25.6 Å². The maximum absolute atomic E-state index is 5.29. The van der Waals surface area contributed by atoms with Gasteiger partial charge in [-0.3, -0.25) is 4.98 Å². The molecule has 96 valence electrons. The van der Waals surface area contributed by atoms with Crippen molar-refractivity contribution in [2.45, 2.75) is 19.8 Å². The van der Waals surface area contributed by atoms with Gasteiger partial charge in [-0.25, -0.2) is 0 Å². The van der Waals surface area contributed by atoms with Crippen LogP contribution in [0.2, 0.25) is 0 Å². The van der Waals surface area contributed by atoms with E-state index in [1.54, 1.807) is 7.11 Å². The van der Waals surface area contributed by atoms with Crippen LogP contribution in [0.15, 0.2) is 30.5 Å².